The van der Waals surface area contributed by atoms with Gasteiger partial charge < -0.3 is 10.1 Å². The molecule has 130 valence electrons. The lowest BCUT2D eigenvalue weighted by Crippen LogP contribution is -2.30. The third-order valence-electron chi connectivity index (χ3n) is 3.76. The Morgan fingerprint density at radius 2 is 2.28 bits per heavy atom. The van der Waals surface area contributed by atoms with Crippen molar-refractivity contribution < 1.29 is 9.66 Å². The van der Waals surface area contributed by atoms with Crippen molar-refractivity contribution in [3.63, 3.8) is 0 Å². The van der Waals surface area contributed by atoms with Gasteiger partial charge in [0, 0.05) is 48.3 Å². The third-order valence-corrected chi connectivity index (χ3v) is 4.82. The third kappa shape index (κ3) is 4.08. The maximum absolute atomic E-state index is 11.0. The predicted octanol–water partition coefficient (Wildman–Crippen LogP) is 3.03. The Labute approximate surface area is 149 Å². The number of nitro benzene ring substituents is 1. The van der Waals surface area contributed by atoms with Gasteiger partial charge in [0.15, 0.2) is 0 Å². The number of hydrogen-bond donors (Lipinski definition) is 1. The number of nitro groups is 1. The average Bonchev–Trinajstić information content (AvgIpc) is 2.67. The van der Waals surface area contributed by atoms with Crippen molar-refractivity contribution in [3.05, 3.63) is 57.8 Å². The summed E-state index contributed by atoms with van der Waals surface area (Å²) >= 11 is 1.51. The molecule has 0 fully saturated rings. The van der Waals surface area contributed by atoms with Gasteiger partial charge in [-0.3, -0.25) is 15.1 Å². The Bertz CT molecular complexity index is 810. The van der Waals surface area contributed by atoms with Crippen LogP contribution in [0.2, 0.25) is 0 Å². The highest BCUT2D eigenvalue weighted by Crippen LogP contribution is 2.31. The summed E-state index contributed by atoms with van der Waals surface area (Å²) in [5.74, 6) is 2.00. The van der Waals surface area contributed by atoms with E-state index < -0.39 is 4.92 Å². The summed E-state index contributed by atoms with van der Waals surface area (Å²) in [4.78, 5) is 19.6. The van der Waals surface area contributed by atoms with Crippen LogP contribution in [0.15, 0.2) is 46.5 Å². The largest absolute Gasteiger partial charge is 0.496 e. The Kier molecular flexibility index (Phi) is 5.49. The van der Waals surface area contributed by atoms with E-state index in [-0.39, 0.29) is 5.69 Å². The lowest BCUT2D eigenvalue weighted by Gasteiger charge is -2.16. The Morgan fingerprint density at radius 3 is 3.00 bits per heavy atom. The van der Waals surface area contributed by atoms with E-state index >= 15 is 0 Å². The SMILES string of the molecule is COc1ccc([N+](=O)[O-])cc1CSc1ncccc1C1=NCCCN1. The number of nitrogens with zero attached hydrogens (tertiary/aromatic N) is 3. The zero-order valence-corrected chi connectivity index (χ0v) is 14.6. The number of nitrogens with one attached hydrogen (secondary N) is 1. The van der Waals surface area contributed by atoms with E-state index in [9.17, 15) is 10.1 Å². The smallest absolute Gasteiger partial charge is 0.270 e. The molecule has 0 bridgehead atoms. The second-order valence-electron chi connectivity index (χ2n) is 5.41. The number of non-ortho nitro benzene ring substituents is 1. The minimum Gasteiger partial charge on any atom is -0.496 e. The van der Waals surface area contributed by atoms with Crippen LogP contribution in [0.1, 0.15) is 17.5 Å². The number of rotatable bonds is 6. The lowest BCUT2D eigenvalue weighted by molar-refractivity contribution is -0.384. The summed E-state index contributed by atoms with van der Waals surface area (Å²) in [5.41, 5.74) is 1.77. The van der Waals surface area contributed by atoms with Gasteiger partial charge in [0.25, 0.3) is 5.69 Å². The minimum absolute atomic E-state index is 0.0518. The molecule has 3 rings (SSSR count). The molecule has 2 aromatic rings. The van der Waals surface area contributed by atoms with Gasteiger partial charge in [-0.2, -0.15) is 0 Å². The maximum Gasteiger partial charge on any atom is 0.270 e. The molecule has 0 aliphatic carbocycles. The zero-order valence-electron chi connectivity index (χ0n) is 13.8. The van der Waals surface area contributed by atoms with Crippen LogP contribution in [0.4, 0.5) is 5.69 Å². The predicted molar refractivity (Wildman–Crippen MR) is 97.5 cm³/mol. The van der Waals surface area contributed by atoms with Crippen LogP contribution < -0.4 is 10.1 Å². The van der Waals surface area contributed by atoms with Gasteiger partial charge in [-0.05, 0) is 24.6 Å². The lowest BCUT2D eigenvalue weighted by atomic mass is 10.2. The van der Waals surface area contributed by atoms with E-state index in [4.69, 9.17) is 4.74 Å². The Hall–Kier alpha value is -2.61. The van der Waals surface area contributed by atoms with Crippen molar-refractivity contribution >= 4 is 23.3 Å². The Morgan fingerprint density at radius 1 is 1.40 bits per heavy atom. The first-order chi connectivity index (χ1) is 12.2. The summed E-state index contributed by atoms with van der Waals surface area (Å²) in [5, 5.41) is 15.1. The number of aliphatic imine (C=N–C) groups is 1. The molecule has 0 saturated heterocycles. The minimum atomic E-state index is -0.402. The molecule has 2 heterocycles. The number of hydrogen-bond acceptors (Lipinski definition) is 7. The van der Waals surface area contributed by atoms with E-state index in [2.05, 4.69) is 15.3 Å². The maximum atomic E-state index is 11.0. The second kappa shape index (κ2) is 7.98. The number of aromatic nitrogens is 1. The Balaban J connectivity index is 1.84. The van der Waals surface area contributed by atoms with E-state index in [0.29, 0.717) is 11.5 Å². The molecule has 0 unspecified atom stereocenters. The monoisotopic (exact) mass is 358 g/mol. The fraction of sp³-hybridized carbons (Fsp3) is 0.294. The number of benzene rings is 1. The van der Waals surface area contributed by atoms with Crippen LogP contribution in [-0.2, 0) is 5.75 Å². The topological polar surface area (TPSA) is 89.7 Å². The molecule has 8 heteroatoms. The molecule has 1 aromatic carbocycles. The van der Waals surface area contributed by atoms with Gasteiger partial charge in [-0.15, -0.1) is 11.8 Å². The molecule has 1 aromatic heterocycles. The highest BCUT2D eigenvalue weighted by atomic mass is 32.2. The average molecular weight is 358 g/mol. The molecule has 1 aliphatic heterocycles. The van der Waals surface area contributed by atoms with Crippen molar-refractivity contribution in [1.29, 1.82) is 0 Å². The van der Waals surface area contributed by atoms with Gasteiger partial charge >= 0.3 is 0 Å². The van der Waals surface area contributed by atoms with Crippen LogP contribution in [-0.4, -0.2) is 35.9 Å². The van der Waals surface area contributed by atoms with Crippen molar-refractivity contribution in [1.82, 2.24) is 10.3 Å². The summed E-state index contributed by atoms with van der Waals surface area (Å²) in [7, 11) is 1.56. The van der Waals surface area contributed by atoms with Crippen molar-refractivity contribution in [2.45, 2.75) is 17.2 Å². The molecule has 0 radical (unpaired) electrons. The molecular weight excluding hydrogens is 340 g/mol. The number of ether oxygens (including phenoxy) is 1. The molecule has 7 nitrogen and oxygen atoms in total. The zero-order chi connectivity index (χ0) is 17.6. The molecule has 1 aliphatic rings. The van der Waals surface area contributed by atoms with Crippen LogP contribution in [0.3, 0.4) is 0 Å². The summed E-state index contributed by atoms with van der Waals surface area (Å²) < 4.78 is 5.32. The first kappa shape index (κ1) is 17.2. The van der Waals surface area contributed by atoms with Crippen LogP contribution in [0.25, 0.3) is 0 Å². The summed E-state index contributed by atoms with van der Waals surface area (Å²) in [6, 6.07) is 8.48. The van der Waals surface area contributed by atoms with Gasteiger partial charge in [0.05, 0.1) is 12.0 Å². The number of amidine groups is 1. The van der Waals surface area contributed by atoms with Crippen molar-refractivity contribution in [2.75, 3.05) is 20.2 Å². The summed E-state index contributed by atoms with van der Waals surface area (Å²) in [6.07, 6.45) is 2.76. The number of thioether (sulfide) groups is 1. The second-order valence-corrected chi connectivity index (χ2v) is 6.37. The van der Waals surface area contributed by atoms with Gasteiger partial charge in [0.2, 0.25) is 0 Å². The molecule has 1 N–H and O–H groups in total. The first-order valence-electron chi connectivity index (χ1n) is 7.87. The molecular formula is C17H18N4O3S. The highest BCUT2D eigenvalue weighted by Gasteiger charge is 2.15. The van der Waals surface area contributed by atoms with Crippen LogP contribution in [0, 0.1) is 10.1 Å². The standard InChI is InChI=1S/C17H18N4O3S/c1-24-15-6-5-13(21(22)23)10-12(15)11-25-17-14(4-2-7-20-17)16-18-8-3-9-19-16/h2,4-7,10H,3,8-9,11H2,1H3,(H,18,19). The van der Waals surface area contributed by atoms with E-state index in [1.807, 2.05) is 12.1 Å². The first-order valence-corrected chi connectivity index (χ1v) is 8.85. The number of pyridine rings is 1. The molecule has 0 saturated carbocycles. The van der Waals surface area contributed by atoms with Crippen molar-refractivity contribution in [3.8, 4) is 5.75 Å². The fourth-order valence-corrected chi connectivity index (χ4v) is 3.51. The van der Waals surface area contributed by atoms with Gasteiger partial charge in [-0.25, -0.2) is 4.98 Å². The quantitative estimate of drug-likeness (QED) is 0.485. The van der Waals surface area contributed by atoms with E-state index in [1.165, 1.54) is 17.8 Å². The fourth-order valence-electron chi connectivity index (χ4n) is 2.54. The van der Waals surface area contributed by atoms with Crippen LogP contribution >= 0.6 is 11.8 Å². The van der Waals surface area contributed by atoms with Crippen LogP contribution in [0.5, 0.6) is 5.75 Å². The molecule has 0 atom stereocenters. The van der Waals surface area contributed by atoms with Gasteiger partial charge in [-0.1, -0.05) is 0 Å². The molecule has 25 heavy (non-hydrogen) atoms. The highest BCUT2D eigenvalue weighted by molar-refractivity contribution is 7.98. The normalized spacial score (nSPS) is 13.7. The number of methoxy groups -OCH3 is 1. The molecule has 0 spiro atoms. The van der Waals surface area contributed by atoms with Gasteiger partial charge in [0.1, 0.15) is 16.6 Å². The van der Waals surface area contributed by atoms with E-state index in [1.54, 1.807) is 25.4 Å². The van der Waals surface area contributed by atoms with E-state index in [0.717, 1.165) is 41.5 Å². The summed E-state index contributed by atoms with van der Waals surface area (Å²) in [6.45, 7) is 1.70. The molecule has 0 amide bonds. The van der Waals surface area contributed by atoms with Crippen molar-refractivity contribution in [2.24, 2.45) is 4.99 Å².